The normalized spacial score (nSPS) is 29.9. The number of hydrogen-bond donors (Lipinski definition) is 0. The van der Waals surface area contributed by atoms with Crippen LogP contribution in [0.2, 0.25) is 0 Å². The number of carbonyl (C=O) groups is 1. The Balaban J connectivity index is 2.12. The number of hydrogen-bond acceptors (Lipinski definition) is 3. The zero-order valence-electron chi connectivity index (χ0n) is 11.2. The van der Waals surface area contributed by atoms with Crippen molar-refractivity contribution >= 4 is 11.7 Å². The van der Waals surface area contributed by atoms with Gasteiger partial charge < -0.3 is 4.74 Å². The molecule has 4 heteroatoms. The quantitative estimate of drug-likeness (QED) is 0.600. The maximum Gasteiger partial charge on any atom is 0.202 e. The molecular formula is C16H16NO3. The van der Waals surface area contributed by atoms with Gasteiger partial charge in [0.2, 0.25) is 5.78 Å². The van der Waals surface area contributed by atoms with Crippen molar-refractivity contribution in [3.05, 3.63) is 41.6 Å². The van der Waals surface area contributed by atoms with E-state index in [4.69, 9.17) is 4.74 Å². The topological polar surface area (TPSA) is 57.5 Å². The Morgan fingerprint density at radius 3 is 2.75 bits per heavy atom. The summed E-state index contributed by atoms with van der Waals surface area (Å²) in [6.45, 7) is 1.72. The molecule has 1 aromatic rings. The van der Waals surface area contributed by atoms with Crippen LogP contribution in [0, 0.1) is 5.92 Å². The second kappa shape index (κ2) is 5.23. The first kappa shape index (κ1) is 13.1. The molecule has 1 aromatic carbocycles. The summed E-state index contributed by atoms with van der Waals surface area (Å²) in [4.78, 5) is 23.8. The average molecular weight is 270 g/mol. The van der Waals surface area contributed by atoms with E-state index in [-0.39, 0.29) is 17.4 Å². The molecule has 2 aliphatic heterocycles. The van der Waals surface area contributed by atoms with Crippen LogP contribution in [0.25, 0.3) is 0 Å². The second-order valence-electron chi connectivity index (χ2n) is 5.31. The molecule has 103 valence electrons. The van der Waals surface area contributed by atoms with Gasteiger partial charge >= 0.3 is 0 Å². The van der Waals surface area contributed by atoms with Crippen LogP contribution in [0.4, 0.5) is 0 Å². The van der Waals surface area contributed by atoms with Gasteiger partial charge in [-0.2, -0.15) is 0 Å². The highest BCUT2D eigenvalue weighted by molar-refractivity contribution is 6.09. The van der Waals surface area contributed by atoms with Crippen molar-refractivity contribution in [1.29, 1.82) is 0 Å². The number of ether oxygens (including phenoxy) is 1. The van der Waals surface area contributed by atoms with Crippen LogP contribution in [-0.2, 0) is 19.7 Å². The Morgan fingerprint density at radius 2 is 2.10 bits per heavy atom. The van der Waals surface area contributed by atoms with Gasteiger partial charge in [0.15, 0.2) is 11.6 Å². The minimum Gasteiger partial charge on any atom is -0.381 e. The summed E-state index contributed by atoms with van der Waals surface area (Å²) >= 11 is 0. The molecule has 0 bridgehead atoms. The monoisotopic (exact) mass is 270 g/mol. The van der Waals surface area contributed by atoms with Crippen molar-refractivity contribution in [2.45, 2.75) is 18.3 Å². The van der Waals surface area contributed by atoms with E-state index < -0.39 is 5.41 Å². The first-order valence-electron chi connectivity index (χ1n) is 6.89. The summed E-state index contributed by atoms with van der Waals surface area (Å²) < 4.78 is 5.48. The van der Waals surface area contributed by atoms with E-state index in [0.29, 0.717) is 26.2 Å². The number of allylic oxidation sites excluding steroid dienone is 1. The first-order chi connectivity index (χ1) is 9.79. The van der Waals surface area contributed by atoms with Gasteiger partial charge in [-0.05, 0) is 18.4 Å². The molecule has 1 radical (unpaired) electrons. The van der Waals surface area contributed by atoms with Crippen LogP contribution in [0.1, 0.15) is 18.4 Å². The van der Waals surface area contributed by atoms with Crippen molar-refractivity contribution in [2.24, 2.45) is 5.92 Å². The van der Waals surface area contributed by atoms with E-state index in [9.17, 15) is 9.59 Å². The zero-order valence-corrected chi connectivity index (χ0v) is 11.2. The van der Waals surface area contributed by atoms with Crippen LogP contribution in [-0.4, -0.2) is 31.5 Å². The number of nitrogens with zero attached hydrogens (tertiary/aromatic N) is 1. The van der Waals surface area contributed by atoms with Crippen molar-refractivity contribution < 1.29 is 14.3 Å². The van der Waals surface area contributed by atoms with Crippen LogP contribution in [0.5, 0.6) is 0 Å². The van der Waals surface area contributed by atoms with Gasteiger partial charge in [0.25, 0.3) is 0 Å². The molecule has 2 atom stereocenters. The highest BCUT2D eigenvalue weighted by Gasteiger charge is 2.51. The van der Waals surface area contributed by atoms with Gasteiger partial charge in [0, 0.05) is 19.1 Å². The van der Waals surface area contributed by atoms with Gasteiger partial charge in [-0.3, -0.25) is 10.1 Å². The van der Waals surface area contributed by atoms with Crippen LogP contribution in [0.3, 0.4) is 0 Å². The Labute approximate surface area is 117 Å². The van der Waals surface area contributed by atoms with E-state index in [2.05, 4.69) is 5.32 Å². The van der Waals surface area contributed by atoms with Gasteiger partial charge in [0.1, 0.15) is 0 Å². The molecule has 2 heterocycles. The van der Waals surface area contributed by atoms with Crippen LogP contribution >= 0.6 is 0 Å². The number of rotatable bonds is 2. The van der Waals surface area contributed by atoms with Crippen molar-refractivity contribution in [1.82, 2.24) is 5.32 Å². The third kappa shape index (κ3) is 1.89. The molecule has 2 saturated heterocycles. The fraction of sp³-hybridized carbons (Fsp3) is 0.438. The van der Waals surface area contributed by atoms with Gasteiger partial charge in [-0.25, -0.2) is 4.79 Å². The largest absolute Gasteiger partial charge is 0.381 e. The number of piperidine rings is 1. The standard InChI is InChI=1S/C16H16NO3/c18-10-14-15(19)16(7-8-17-14,13-6-9-20-11-13)12-4-2-1-3-5-12/h1-5,13H,6-9,11H2/t13-,16?/m1/s1. The lowest BCUT2D eigenvalue weighted by Gasteiger charge is -2.40. The molecule has 20 heavy (non-hydrogen) atoms. The zero-order chi connectivity index (χ0) is 14.0. The lowest BCUT2D eigenvalue weighted by molar-refractivity contribution is -0.124. The minimum atomic E-state index is -0.674. The van der Waals surface area contributed by atoms with E-state index >= 15 is 0 Å². The number of carbonyl (C=O) groups excluding carboxylic acids is 2. The Bertz CT molecular complexity index is 556. The minimum absolute atomic E-state index is 0.0491. The predicted molar refractivity (Wildman–Crippen MR) is 72.9 cm³/mol. The van der Waals surface area contributed by atoms with E-state index in [0.717, 1.165) is 12.0 Å². The maximum absolute atomic E-state index is 12.8. The molecule has 2 fully saturated rings. The van der Waals surface area contributed by atoms with E-state index in [1.165, 1.54) is 0 Å². The molecular weight excluding hydrogens is 254 g/mol. The summed E-state index contributed by atoms with van der Waals surface area (Å²) in [5, 5.41) is 4.02. The molecule has 0 aromatic heterocycles. The fourth-order valence-corrected chi connectivity index (χ4v) is 3.38. The summed E-state index contributed by atoms with van der Waals surface area (Å²) in [6.07, 6.45) is 1.47. The Hall–Kier alpha value is -1.90. The summed E-state index contributed by atoms with van der Waals surface area (Å²) in [5.41, 5.74) is 0.238. The Morgan fingerprint density at radius 1 is 1.30 bits per heavy atom. The van der Waals surface area contributed by atoms with E-state index in [1.807, 2.05) is 30.3 Å². The third-order valence-corrected chi connectivity index (χ3v) is 4.41. The first-order valence-corrected chi connectivity index (χ1v) is 6.89. The third-order valence-electron chi connectivity index (χ3n) is 4.41. The molecule has 2 aliphatic rings. The SMILES string of the molecule is O=C=C1[N]CCC(c2ccccc2)([C@@H]2CCOC2)C1=O. The van der Waals surface area contributed by atoms with Crippen molar-refractivity contribution in [2.75, 3.05) is 19.8 Å². The molecule has 0 N–H and O–H groups in total. The Kier molecular flexibility index (Phi) is 3.43. The summed E-state index contributed by atoms with van der Waals surface area (Å²) in [7, 11) is 0. The fourth-order valence-electron chi connectivity index (χ4n) is 3.38. The molecule has 0 aliphatic carbocycles. The van der Waals surface area contributed by atoms with Gasteiger partial charge in [-0.15, -0.1) is 0 Å². The lowest BCUT2D eigenvalue weighted by Crippen LogP contribution is -2.50. The van der Waals surface area contributed by atoms with Crippen molar-refractivity contribution in [3.63, 3.8) is 0 Å². The number of ketones is 1. The van der Waals surface area contributed by atoms with Crippen LogP contribution < -0.4 is 5.32 Å². The smallest absolute Gasteiger partial charge is 0.202 e. The summed E-state index contributed by atoms with van der Waals surface area (Å²) in [5.74, 6) is 1.62. The van der Waals surface area contributed by atoms with E-state index in [1.54, 1.807) is 5.94 Å². The number of Topliss-reactive ketones (excluding diaryl/α,β-unsaturated/α-hetero) is 1. The molecule has 3 rings (SSSR count). The van der Waals surface area contributed by atoms with Gasteiger partial charge in [-0.1, -0.05) is 30.3 Å². The van der Waals surface area contributed by atoms with Crippen molar-refractivity contribution in [3.8, 4) is 0 Å². The molecule has 4 nitrogen and oxygen atoms in total. The number of benzene rings is 1. The lowest BCUT2D eigenvalue weighted by atomic mass is 9.63. The average Bonchev–Trinajstić information content (AvgIpc) is 3.03. The highest BCUT2D eigenvalue weighted by atomic mass is 16.5. The second-order valence-corrected chi connectivity index (χ2v) is 5.31. The molecule has 1 unspecified atom stereocenters. The highest BCUT2D eigenvalue weighted by Crippen LogP contribution is 2.43. The molecule has 0 saturated carbocycles. The summed E-state index contributed by atoms with van der Waals surface area (Å²) in [6, 6.07) is 9.71. The molecule has 0 amide bonds. The molecule has 0 spiro atoms. The van der Waals surface area contributed by atoms with Gasteiger partial charge in [0.05, 0.1) is 12.0 Å². The predicted octanol–water partition coefficient (Wildman–Crippen LogP) is 1.25. The maximum atomic E-state index is 12.8. The van der Waals surface area contributed by atoms with Crippen LogP contribution in [0.15, 0.2) is 36.0 Å².